The van der Waals surface area contributed by atoms with Crippen LogP contribution in [-0.4, -0.2) is 39.3 Å². The third-order valence-electron chi connectivity index (χ3n) is 4.41. The number of carbonyl (C=O) groups is 1. The van der Waals surface area contributed by atoms with Gasteiger partial charge in [0.25, 0.3) is 5.91 Å². The summed E-state index contributed by atoms with van der Waals surface area (Å²) in [6.45, 7) is 2.02. The molecule has 0 radical (unpaired) electrons. The van der Waals surface area contributed by atoms with Crippen LogP contribution in [0.4, 0.5) is 5.82 Å². The van der Waals surface area contributed by atoms with Crippen LogP contribution in [-0.2, 0) is 4.79 Å². The van der Waals surface area contributed by atoms with Crippen LogP contribution in [0.25, 0.3) is 17.3 Å². The van der Waals surface area contributed by atoms with Gasteiger partial charge in [-0.3, -0.25) is 9.78 Å². The quantitative estimate of drug-likeness (QED) is 0.541. The zero-order chi connectivity index (χ0) is 18.6. The number of nitrogens with one attached hydrogen (secondary N) is 3. The molecule has 1 unspecified atom stereocenters. The highest BCUT2D eigenvalue weighted by molar-refractivity contribution is 8.26. The first kappa shape index (κ1) is 18.1. The van der Waals surface area contributed by atoms with Gasteiger partial charge in [0.2, 0.25) is 0 Å². The lowest BCUT2D eigenvalue weighted by Gasteiger charge is -2.24. The average Bonchev–Trinajstić information content (AvgIpc) is 3.00. The van der Waals surface area contributed by atoms with Gasteiger partial charge in [0.15, 0.2) is 0 Å². The molecule has 2 saturated heterocycles. The summed E-state index contributed by atoms with van der Waals surface area (Å²) in [7, 11) is 0. The number of thiocarbonyl (C=S) groups is 1. The number of amides is 1. The summed E-state index contributed by atoms with van der Waals surface area (Å²) in [5.41, 5.74) is 2.67. The van der Waals surface area contributed by atoms with E-state index in [0.29, 0.717) is 15.3 Å². The van der Waals surface area contributed by atoms with Crippen molar-refractivity contribution in [2.75, 3.05) is 18.4 Å². The van der Waals surface area contributed by atoms with Crippen LogP contribution in [0.2, 0.25) is 0 Å². The van der Waals surface area contributed by atoms with Crippen LogP contribution >= 0.6 is 24.0 Å². The van der Waals surface area contributed by atoms with Crippen molar-refractivity contribution in [3.05, 3.63) is 47.1 Å². The van der Waals surface area contributed by atoms with Gasteiger partial charge in [-0.2, -0.15) is 0 Å². The van der Waals surface area contributed by atoms with E-state index in [4.69, 9.17) is 17.2 Å². The number of carbonyl (C=O) groups excluding carboxylic acids is 1. The van der Waals surface area contributed by atoms with E-state index in [1.807, 2.05) is 30.3 Å². The van der Waals surface area contributed by atoms with Crippen molar-refractivity contribution >= 4 is 46.1 Å². The highest BCUT2D eigenvalue weighted by atomic mass is 32.2. The number of piperidine rings is 1. The van der Waals surface area contributed by atoms with E-state index in [1.165, 1.54) is 11.8 Å². The predicted molar refractivity (Wildman–Crippen MR) is 113 cm³/mol. The first-order valence-corrected chi connectivity index (χ1v) is 10.0. The molecule has 3 N–H and O–H groups in total. The third kappa shape index (κ3) is 4.52. The molecule has 3 heterocycles. The molecule has 2 fully saturated rings. The second-order valence-corrected chi connectivity index (χ2v) is 8.17. The number of aromatic nitrogens is 2. The molecule has 1 aromatic carbocycles. The summed E-state index contributed by atoms with van der Waals surface area (Å²) in [4.78, 5) is 21.5. The molecule has 4 rings (SSSR count). The van der Waals surface area contributed by atoms with Crippen LogP contribution in [0.1, 0.15) is 18.4 Å². The fourth-order valence-corrected chi connectivity index (χ4v) is 4.16. The number of nitrogens with zero attached hydrogens (tertiary/aromatic N) is 2. The van der Waals surface area contributed by atoms with Gasteiger partial charge < -0.3 is 16.0 Å². The molecule has 8 heteroatoms. The smallest absolute Gasteiger partial charge is 0.263 e. The summed E-state index contributed by atoms with van der Waals surface area (Å²) in [5.74, 6) is 0.628. The second-order valence-electron chi connectivity index (χ2n) is 6.45. The number of hydrogen-bond donors (Lipinski definition) is 3. The molecule has 0 aliphatic carbocycles. The standard InChI is InChI=1S/C19H19N5OS2/c25-18-16(27-19(26)24-18)8-12-3-1-4-13(7-12)15-10-21-11-17(23-15)22-14-5-2-6-20-9-14/h1,3-4,7-8,10-11,14,20H,2,5-6,9H2,(H,22,23)(H,24,25,26). The van der Waals surface area contributed by atoms with Gasteiger partial charge >= 0.3 is 0 Å². The SMILES string of the molecule is O=C1NC(=S)SC1=Cc1cccc(-c2cncc(NC3CCCNC3)n2)c1. The summed E-state index contributed by atoms with van der Waals surface area (Å²) in [6.07, 6.45) is 7.64. The van der Waals surface area contributed by atoms with Crippen LogP contribution in [0, 0.1) is 0 Å². The molecule has 0 bridgehead atoms. The van der Waals surface area contributed by atoms with E-state index in [0.717, 1.165) is 48.6 Å². The normalized spacial score (nSPS) is 21.3. The Balaban J connectivity index is 1.55. The first-order valence-electron chi connectivity index (χ1n) is 8.82. The van der Waals surface area contributed by atoms with E-state index in [-0.39, 0.29) is 5.91 Å². The molecular weight excluding hydrogens is 378 g/mol. The van der Waals surface area contributed by atoms with Gasteiger partial charge in [-0.15, -0.1) is 0 Å². The maximum Gasteiger partial charge on any atom is 0.263 e. The van der Waals surface area contributed by atoms with Gasteiger partial charge in [0, 0.05) is 18.2 Å². The van der Waals surface area contributed by atoms with Crippen molar-refractivity contribution in [3.63, 3.8) is 0 Å². The Morgan fingerprint density at radius 3 is 3.04 bits per heavy atom. The summed E-state index contributed by atoms with van der Waals surface area (Å²) >= 11 is 6.31. The van der Waals surface area contributed by atoms with Gasteiger partial charge in [-0.25, -0.2) is 4.98 Å². The lowest BCUT2D eigenvalue weighted by molar-refractivity contribution is -0.115. The maximum absolute atomic E-state index is 11.9. The summed E-state index contributed by atoms with van der Waals surface area (Å²) in [6, 6.07) is 8.27. The Hall–Kier alpha value is -2.29. The molecular formula is C19H19N5OS2. The fraction of sp³-hybridized carbons (Fsp3) is 0.263. The lowest BCUT2D eigenvalue weighted by Crippen LogP contribution is -2.38. The van der Waals surface area contributed by atoms with Gasteiger partial charge in [-0.1, -0.05) is 42.2 Å². The molecule has 138 valence electrons. The summed E-state index contributed by atoms with van der Waals surface area (Å²) < 4.78 is 0.490. The number of benzene rings is 1. The highest BCUT2D eigenvalue weighted by Gasteiger charge is 2.22. The number of rotatable bonds is 4. The minimum Gasteiger partial charge on any atom is -0.365 e. The fourth-order valence-electron chi connectivity index (χ4n) is 3.12. The minimum absolute atomic E-state index is 0.150. The topological polar surface area (TPSA) is 78.9 Å². The summed E-state index contributed by atoms with van der Waals surface area (Å²) in [5, 5.41) is 9.48. The number of thioether (sulfide) groups is 1. The van der Waals surface area contributed by atoms with Crippen molar-refractivity contribution in [1.29, 1.82) is 0 Å². The molecule has 1 atom stereocenters. The van der Waals surface area contributed by atoms with Gasteiger partial charge in [0.1, 0.15) is 10.1 Å². The third-order valence-corrected chi connectivity index (χ3v) is 5.57. The van der Waals surface area contributed by atoms with E-state index >= 15 is 0 Å². The predicted octanol–water partition coefficient (Wildman–Crippen LogP) is 2.80. The molecule has 2 aliphatic heterocycles. The molecule has 0 spiro atoms. The van der Waals surface area contributed by atoms with Crippen LogP contribution in [0.3, 0.4) is 0 Å². The van der Waals surface area contributed by atoms with Crippen LogP contribution < -0.4 is 16.0 Å². The van der Waals surface area contributed by atoms with Crippen molar-refractivity contribution in [2.45, 2.75) is 18.9 Å². The molecule has 6 nitrogen and oxygen atoms in total. The van der Waals surface area contributed by atoms with E-state index in [9.17, 15) is 4.79 Å². The van der Waals surface area contributed by atoms with Gasteiger partial charge in [0.05, 0.1) is 23.0 Å². The molecule has 0 saturated carbocycles. The van der Waals surface area contributed by atoms with Gasteiger partial charge in [-0.05, 0) is 37.1 Å². The zero-order valence-electron chi connectivity index (χ0n) is 14.6. The molecule has 1 amide bonds. The largest absolute Gasteiger partial charge is 0.365 e. The van der Waals surface area contributed by atoms with Crippen LogP contribution in [0.15, 0.2) is 41.6 Å². The number of anilines is 1. The molecule has 27 heavy (non-hydrogen) atoms. The Morgan fingerprint density at radius 2 is 2.26 bits per heavy atom. The monoisotopic (exact) mass is 397 g/mol. The van der Waals surface area contributed by atoms with E-state index < -0.39 is 0 Å². The Labute approximate surface area is 167 Å². The van der Waals surface area contributed by atoms with Crippen molar-refractivity contribution in [2.24, 2.45) is 0 Å². The van der Waals surface area contributed by atoms with Crippen molar-refractivity contribution in [1.82, 2.24) is 20.6 Å². The Bertz CT molecular complexity index is 908. The molecule has 2 aromatic rings. The highest BCUT2D eigenvalue weighted by Crippen LogP contribution is 2.27. The minimum atomic E-state index is -0.150. The average molecular weight is 398 g/mol. The molecule has 2 aliphatic rings. The zero-order valence-corrected chi connectivity index (χ0v) is 16.2. The van der Waals surface area contributed by atoms with Crippen molar-refractivity contribution in [3.8, 4) is 11.3 Å². The maximum atomic E-state index is 11.9. The lowest BCUT2D eigenvalue weighted by atomic mass is 10.1. The van der Waals surface area contributed by atoms with Crippen LogP contribution in [0.5, 0.6) is 0 Å². The van der Waals surface area contributed by atoms with E-state index in [1.54, 1.807) is 12.4 Å². The Kier molecular flexibility index (Phi) is 5.47. The van der Waals surface area contributed by atoms with E-state index in [2.05, 4.69) is 20.9 Å². The second kappa shape index (κ2) is 8.16. The molecule has 1 aromatic heterocycles. The number of hydrogen-bond acceptors (Lipinski definition) is 7. The Morgan fingerprint density at radius 1 is 1.33 bits per heavy atom. The first-order chi connectivity index (χ1) is 13.2. The van der Waals surface area contributed by atoms with Crippen molar-refractivity contribution < 1.29 is 4.79 Å².